The Bertz CT molecular complexity index is 620. The van der Waals surface area contributed by atoms with Crippen molar-refractivity contribution in [3.63, 3.8) is 0 Å². The number of halogens is 1. The van der Waals surface area contributed by atoms with Gasteiger partial charge in [-0.3, -0.25) is 4.57 Å². The summed E-state index contributed by atoms with van der Waals surface area (Å²) in [5, 5.41) is 18.6. The van der Waals surface area contributed by atoms with Gasteiger partial charge in [0.1, 0.15) is 24.3 Å². The zero-order valence-electron chi connectivity index (χ0n) is 9.77. The second-order valence-electron chi connectivity index (χ2n) is 4.35. The molecule has 0 unspecified atom stereocenters. The lowest BCUT2D eigenvalue weighted by atomic mass is 10.2. The van der Waals surface area contributed by atoms with E-state index < -0.39 is 24.8 Å². The van der Waals surface area contributed by atoms with Crippen LogP contribution in [0, 0.1) is 0 Å². The summed E-state index contributed by atoms with van der Waals surface area (Å²) >= 11 is 0. The summed E-state index contributed by atoms with van der Waals surface area (Å²) in [6, 6.07) is 0. The van der Waals surface area contributed by atoms with Gasteiger partial charge in [-0.2, -0.15) is 4.39 Å². The van der Waals surface area contributed by atoms with Crippen molar-refractivity contribution < 1.29 is 19.3 Å². The normalized spacial score (nSPS) is 31.1. The highest BCUT2D eigenvalue weighted by Crippen LogP contribution is 2.38. The number of aliphatic hydroxyl groups excluding tert-OH is 2. The highest BCUT2D eigenvalue weighted by molar-refractivity contribution is 5.81. The van der Waals surface area contributed by atoms with Crippen LogP contribution in [0.2, 0.25) is 0 Å². The lowest BCUT2D eigenvalue weighted by Gasteiger charge is -2.21. The van der Waals surface area contributed by atoms with Crippen LogP contribution >= 0.6 is 0 Å². The maximum atomic E-state index is 14.8. The maximum absolute atomic E-state index is 14.8. The predicted octanol–water partition coefficient (Wildman–Crippen LogP) is -0.870. The van der Waals surface area contributed by atoms with Crippen molar-refractivity contribution in [3.8, 4) is 0 Å². The smallest absolute Gasteiger partial charge is 0.298 e. The number of imidazole rings is 1. The molecule has 0 bridgehead atoms. The number of nitrogens with two attached hydrogens (primary N) is 1. The van der Waals surface area contributed by atoms with Crippen molar-refractivity contribution in [2.45, 2.75) is 24.6 Å². The molecule has 1 aliphatic rings. The van der Waals surface area contributed by atoms with Gasteiger partial charge in [0.05, 0.1) is 19.1 Å². The predicted molar refractivity (Wildman–Crippen MR) is 61.4 cm³/mol. The fourth-order valence-electron chi connectivity index (χ4n) is 2.16. The Morgan fingerprint density at radius 2 is 2.32 bits per heavy atom. The molecule has 1 aliphatic heterocycles. The average molecular weight is 269 g/mol. The molecule has 0 aliphatic carbocycles. The topological polar surface area (TPSA) is 119 Å². The molecule has 0 spiro atoms. The molecule has 8 nitrogen and oxygen atoms in total. The molecule has 3 heterocycles. The van der Waals surface area contributed by atoms with Crippen LogP contribution in [0.15, 0.2) is 12.7 Å². The van der Waals surface area contributed by atoms with Crippen molar-refractivity contribution in [2.75, 3.05) is 12.3 Å². The van der Waals surface area contributed by atoms with Crippen molar-refractivity contribution in [2.24, 2.45) is 0 Å². The Labute approximate surface area is 106 Å². The van der Waals surface area contributed by atoms with Crippen LogP contribution in [-0.2, 0) is 10.7 Å². The number of alkyl halides is 1. The van der Waals surface area contributed by atoms with Crippen LogP contribution in [0.5, 0.6) is 0 Å². The Balaban J connectivity index is 2.08. The van der Waals surface area contributed by atoms with E-state index in [2.05, 4.69) is 15.0 Å². The summed E-state index contributed by atoms with van der Waals surface area (Å²) in [7, 11) is 0. The molecule has 0 radical (unpaired) electrons. The number of aromatic nitrogens is 4. The number of nitrogen functional groups attached to an aromatic ring is 1. The van der Waals surface area contributed by atoms with Crippen molar-refractivity contribution >= 4 is 17.0 Å². The van der Waals surface area contributed by atoms with Crippen LogP contribution < -0.4 is 5.73 Å². The zero-order valence-corrected chi connectivity index (χ0v) is 9.77. The third-order valence-electron chi connectivity index (χ3n) is 3.12. The largest absolute Gasteiger partial charge is 0.394 e. The van der Waals surface area contributed by atoms with Gasteiger partial charge >= 0.3 is 0 Å². The third-order valence-corrected chi connectivity index (χ3v) is 3.12. The first-order chi connectivity index (χ1) is 9.05. The third kappa shape index (κ3) is 1.74. The molecular weight excluding hydrogens is 257 g/mol. The van der Waals surface area contributed by atoms with E-state index in [0.29, 0.717) is 0 Å². The van der Waals surface area contributed by atoms with Crippen LogP contribution in [0.3, 0.4) is 0 Å². The molecule has 102 valence electrons. The highest BCUT2D eigenvalue weighted by Gasteiger charge is 2.48. The number of nitrogens with zero attached hydrogens (tertiary/aromatic N) is 4. The molecule has 0 amide bonds. The van der Waals surface area contributed by atoms with Gasteiger partial charge in [0.2, 0.25) is 0 Å². The molecule has 0 aromatic carbocycles. The van der Waals surface area contributed by atoms with E-state index in [1.807, 2.05) is 0 Å². The summed E-state index contributed by atoms with van der Waals surface area (Å²) in [6.45, 7) is -0.476. The first-order valence-corrected chi connectivity index (χ1v) is 5.65. The Hall–Kier alpha value is -1.84. The lowest BCUT2D eigenvalue weighted by Crippen LogP contribution is -2.29. The van der Waals surface area contributed by atoms with Crippen molar-refractivity contribution in [1.29, 1.82) is 0 Å². The summed E-state index contributed by atoms with van der Waals surface area (Å²) < 4.78 is 20.9. The fraction of sp³-hybridized carbons (Fsp3) is 0.500. The van der Waals surface area contributed by atoms with E-state index >= 15 is 0 Å². The first-order valence-electron chi connectivity index (χ1n) is 5.65. The van der Waals surface area contributed by atoms with E-state index in [1.165, 1.54) is 12.7 Å². The van der Waals surface area contributed by atoms with E-state index in [9.17, 15) is 9.50 Å². The molecule has 3 rings (SSSR count). The number of anilines is 1. The number of ether oxygens (including phenoxy) is 1. The minimum absolute atomic E-state index is 0.129. The molecule has 2 aromatic rings. The monoisotopic (exact) mass is 269 g/mol. The van der Waals surface area contributed by atoms with Crippen molar-refractivity contribution in [3.05, 3.63) is 12.7 Å². The number of hydrogen-bond donors (Lipinski definition) is 3. The minimum Gasteiger partial charge on any atom is -0.394 e. The van der Waals surface area contributed by atoms with Crippen LogP contribution in [0.4, 0.5) is 10.2 Å². The standard InChI is InChI=1S/C10H12FN5O3/c11-10(1-5(18)6(2-17)19-10)16-4-15-7-8(12)13-3-14-9(7)16/h3-6,17-18H,1-2H2,(H2,12,13,14)/t5-,6+,10-/m0/s1. The summed E-state index contributed by atoms with van der Waals surface area (Å²) in [5.41, 5.74) is 6.03. The first kappa shape index (κ1) is 12.2. The second-order valence-corrected chi connectivity index (χ2v) is 4.35. The van der Waals surface area contributed by atoms with Gasteiger partial charge in [0.15, 0.2) is 11.5 Å². The average Bonchev–Trinajstić information content (AvgIpc) is 2.92. The van der Waals surface area contributed by atoms with E-state index in [0.717, 1.165) is 4.57 Å². The van der Waals surface area contributed by atoms with E-state index in [1.54, 1.807) is 0 Å². The number of hydrogen-bond acceptors (Lipinski definition) is 7. The van der Waals surface area contributed by atoms with Gasteiger partial charge < -0.3 is 20.7 Å². The zero-order chi connectivity index (χ0) is 13.6. The fourth-order valence-corrected chi connectivity index (χ4v) is 2.16. The van der Waals surface area contributed by atoms with E-state index in [4.69, 9.17) is 15.6 Å². The lowest BCUT2D eigenvalue weighted by molar-refractivity contribution is -0.200. The number of rotatable bonds is 2. The van der Waals surface area contributed by atoms with Crippen LogP contribution in [0.25, 0.3) is 11.2 Å². The Kier molecular flexibility index (Phi) is 2.62. The molecule has 2 aromatic heterocycles. The highest BCUT2D eigenvalue weighted by atomic mass is 19.2. The summed E-state index contributed by atoms with van der Waals surface area (Å²) in [6.07, 6.45) is -0.0440. The van der Waals surface area contributed by atoms with Gasteiger partial charge in [0.25, 0.3) is 5.98 Å². The van der Waals surface area contributed by atoms with Gasteiger partial charge in [-0.05, 0) is 0 Å². The quantitative estimate of drug-likeness (QED) is 0.648. The molecule has 9 heteroatoms. The summed E-state index contributed by atoms with van der Waals surface area (Å²) in [5.74, 6) is -2.19. The van der Waals surface area contributed by atoms with Crippen LogP contribution in [-0.4, -0.2) is 48.5 Å². The molecule has 4 N–H and O–H groups in total. The second kappa shape index (κ2) is 4.08. The van der Waals surface area contributed by atoms with Crippen molar-refractivity contribution in [1.82, 2.24) is 19.5 Å². The molecule has 19 heavy (non-hydrogen) atoms. The van der Waals surface area contributed by atoms with Gasteiger partial charge in [0, 0.05) is 0 Å². The molecule has 1 saturated heterocycles. The molecule has 0 saturated carbocycles. The van der Waals surface area contributed by atoms with Gasteiger partial charge in [-0.15, -0.1) is 0 Å². The SMILES string of the molecule is Nc1ncnc2c1ncn2[C@@]1(F)C[C@H](O)[C@@H](CO)O1. The maximum Gasteiger partial charge on any atom is 0.298 e. The van der Waals surface area contributed by atoms with Crippen LogP contribution in [0.1, 0.15) is 6.42 Å². The Morgan fingerprint density at radius 3 is 3.00 bits per heavy atom. The Morgan fingerprint density at radius 1 is 1.53 bits per heavy atom. The minimum atomic E-state index is -2.32. The summed E-state index contributed by atoms with van der Waals surface area (Å²) in [4.78, 5) is 11.6. The molecular formula is C10H12FN5O3. The van der Waals surface area contributed by atoms with Gasteiger partial charge in [-0.1, -0.05) is 0 Å². The van der Waals surface area contributed by atoms with E-state index in [-0.39, 0.29) is 23.4 Å². The number of aliphatic hydroxyl groups is 2. The molecule has 1 fully saturated rings. The molecule has 3 atom stereocenters. The number of fused-ring (bicyclic) bond motifs is 1. The van der Waals surface area contributed by atoms with Gasteiger partial charge in [-0.25, -0.2) is 15.0 Å².